The third-order valence-corrected chi connectivity index (χ3v) is 3.84. The van der Waals surface area contributed by atoms with Crippen LogP contribution in [0.3, 0.4) is 0 Å². The molecule has 2 rings (SSSR count). The van der Waals surface area contributed by atoms with Crippen LogP contribution in [0.25, 0.3) is 0 Å². The van der Waals surface area contributed by atoms with Gasteiger partial charge in [0.2, 0.25) is 0 Å². The van der Waals surface area contributed by atoms with Gasteiger partial charge in [-0.2, -0.15) is 0 Å². The maximum atomic E-state index is 12.7. The summed E-state index contributed by atoms with van der Waals surface area (Å²) in [6.45, 7) is 9.39. The van der Waals surface area contributed by atoms with Crippen LogP contribution < -0.4 is 4.90 Å². The van der Waals surface area contributed by atoms with Crippen molar-refractivity contribution in [1.29, 1.82) is 0 Å². The zero-order valence-electron chi connectivity index (χ0n) is 14.5. The van der Waals surface area contributed by atoms with Gasteiger partial charge in [0.25, 0.3) is 0 Å². The molecule has 2 unspecified atom stereocenters. The van der Waals surface area contributed by atoms with Gasteiger partial charge in [0.15, 0.2) is 0 Å². The summed E-state index contributed by atoms with van der Waals surface area (Å²) >= 11 is 0. The summed E-state index contributed by atoms with van der Waals surface area (Å²) in [6, 6.07) is 7.39. The molecular weight excluding hydrogens is 294 g/mol. The Morgan fingerprint density at radius 1 is 1.30 bits per heavy atom. The number of ether oxygens (including phenoxy) is 2. The van der Waals surface area contributed by atoms with Crippen LogP contribution in [0.1, 0.15) is 40.2 Å². The van der Waals surface area contributed by atoms with Crippen molar-refractivity contribution in [2.45, 2.75) is 52.7 Å². The molecule has 0 fully saturated rings. The van der Waals surface area contributed by atoms with E-state index in [2.05, 4.69) is 0 Å². The predicted molar refractivity (Wildman–Crippen MR) is 88.4 cm³/mol. The first-order valence-electron chi connectivity index (χ1n) is 8.01. The van der Waals surface area contributed by atoms with Crippen LogP contribution in [0.4, 0.5) is 10.5 Å². The Bertz CT molecular complexity index is 591. The molecule has 0 radical (unpaired) electrons. The summed E-state index contributed by atoms with van der Waals surface area (Å²) in [6.07, 6.45) is 0.193. The predicted octanol–water partition coefficient (Wildman–Crippen LogP) is 3.55. The standard InChI is InChI=1S/C18H25NO4/c1-6-22-16(20)12(2)15-11-13-9-7-8-10-14(13)19(15)17(21)23-18(3,4)5/h7-10,12,15H,6,11H2,1-5H3. The Hall–Kier alpha value is -2.04. The zero-order valence-corrected chi connectivity index (χ0v) is 14.5. The van der Waals surface area contributed by atoms with E-state index in [1.165, 1.54) is 0 Å². The van der Waals surface area contributed by atoms with Crippen LogP contribution in [-0.2, 0) is 20.7 Å². The summed E-state index contributed by atoms with van der Waals surface area (Å²) in [5.74, 6) is -0.714. The molecule has 1 heterocycles. The number of rotatable bonds is 3. The van der Waals surface area contributed by atoms with Crippen LogP contribution in [0.2, 0.25) is 0 Å². The monoisotopic (exact) mass is 319 g/mol. The van der Waals surface area contributed by atoms with Gasteiger partial charge in [-0.1, -0.05) is 18.2 Å². The Balaban J connectivity index is 2.31. The van der Waals surface area contributed by atoms with Crippen LogP contribution in [-0.4, -0.2) is 30.3 Å². The molecule has 5 heteroatoms. The first kappa shape index (κ1) is 17.3. The van der Waals surface area contributed by atoms with Crippen LogP contribution in [0.15, 0.2) is 24.3 Å². The molecule has 0 spiro atoms. The number of para-hydroxylation sites is 1. The Labute approximate surface area is 137 Å². The molecule has 0 bridgehead atoms. The van der Waals surface area contributed by atoms with Crippen molar-refractivity contribution in [3.8, 4) is 0 Å². The van der Waals surface area contributed by atoms with Gasteiger partial charge in [-0.25, -0.2) is 4.79 Å². The van der Waals surface area contributed by atoms with Crippen molar-refractivity contribution >= 4 is 17.7 Å². The minimum Gasteiger partial charge on any atom is -0.466 e. The van der Waals surface area contributed by atoms with Gasteiger partial charge >= 0.3 is 12.1 Å². The third kappa shape index (κ3) is 3.84. The van der Waals surface area contributed by atoms with Crippen molar-refractivity contribution in [3.05, 3.63) is 29.8 Å². The van der Waals surface area contributed by atoms with Gasteiger partial charge in [0.1, 0.15) is 5.60 Å². The highest BCUT2D eigenvalue weighted by Gasteiger charge is 2.41. The first-order chi connectivity index (χ1) is 10.7. The fourth-order valence-electron chi connectivity index (χ4n) is 2.79. The second-order valence-electron chi connectivity index (χ2n) is 6.79. The molecule has 126 valence electrons. The fourth-order valence-corrected chi connectivity index (χ4v) is 2.79. The molecule has 0 aromatic heterocycles. The number of carbonyl (C=O) groups is 2. The van der Waals surface area contributed by atoms with Crippen LogP contribution in [0.5, 0.6) is 0 Å². The third-order valence-electron chi connectivity index (χ3n) is 3.84. The average Bonchev–Trinajstić information content (AvgIpc) is 2.84. The molecule has 1 aromatic rings. The summed E-state index contributed by atoms with van der Waals surface area (Å²) < 4.78 is 10.7. The van der Waals surface area contributed by atoms with Gasteiger partial charge < -0.3 is 9.47 Å². The topological polar surface area (TPSA) is 55.8 Å². The SMILES string of the molecule is CCOC(=O)C(C)C1Cc2ccccc2N1C(=O)OC(C)(C)C. The second kappa shape index (κ2) is 6.60. The van der Waals surface area contributed by atoms with E-state index in [4.69, 9.17) is 9.47 Å². The molecule has 0 N–H and O–H groups in total. The lowest BCUT2D eigenvalue weighted by Gasteiger charge is -2.31. The smallest absolute Gasteiger partial charge is 0.415 e. The summed E-state index contributed by atoms with van der Waals surface area (Å²) in [7, 11) is 0. The molecule has 1 aliphatic heterocycles. The number of carbonyl (C=O) groups excluding carboxylic acids is 2. The summed E-state index contributed by atoms with van der Waals surface area (Å²) in [5.41, 5.74) is 1.26. The molecule has 2 atom stereocenters. The Morgan fingerprint density at radius 3 is 2.57 bits per heavy atom. The maximum Gasteiger partial charge on any atom is 0.415 e. The molecule has 1 aliphatic rings. The zero-order chi connectivity index (χ0) is 17.2. The first-order valence-corrected chi connectivity index (χ1v) is 8.01. The van der Waals surface area contributed by atoms with Gasteiger partial charge in [-0.05, 0) is 52.7 Å². The maximum absolute atomic E-state index is 12.7. The number of anilines is 1. The molecule has 23 heavy (non-hydrogen) atoms. The van der Waals surface area contributed by atoms with E-state index in [1.807, 2.05) is 45.0 Å². The number of fused-ring (bicyclic) bond motifs is 1. The van der Waals surface area contributed by atoms with Gasteiger partial charge in [-0.3, -0.25) is 9.69 Å². The lowest BCUT2D eigenvalue weighted by atomic mass is 9.98. The molecule has 5 nitrogen and oxygen atoms in total. The molecule has 0 saturated carbocycles. The van der Waals surface area contributed by atoms with E-state index in [9.17, 15) is 9.59 Å². The van der Waals surface area contributed by atoms with Crippen molar-refractivity contribution < 1.29 is 19.1 Å². The highest BCUT2D eigenvalue weighted by atomic mass is 16.6. The van der Waals surface area contributed by atoms with E-state index in [-0.39, 0.29) is 12.0 Å². The molecule has 0 saturated heterocycles. The summed E-state index contributed by atoms with van der Waals surface area (Å²) in [5, 5.41) is 0. The molecule has 0 aliphatic carbocycles. The summed E-state index contributed by atoms with van der Waals surface area (Å²) in [4.78, 5) is 26.4. The van der Waals surface area contributed by atoms with Gasteiger partial charge in [0, 0.05) is 0 Å². The molecular formula is C18H25NO4. The Kier molecular flexibility index (Phi) is 4.97. The normalized spacial score (nSPS) is 18.3. The number of amides is 1. The number of hydrogen-bond donors (Lipinski definition) is 0. The van der Waals surface area contributed by atoms with E-state index in [0.717, 1.165) is 11.3 Å². The minimum atomic E-state index is -0.591. The number of esters is 1. The van der Waals surface area contributed by atoms with Crippen molar-refractivity contribution in [1.82, 2.24) is 0 Å². The number of nitrogens with zero attached hydrogens (tertiary/aromatic N) is 1. The Morgan fingerprint density at radius 2 is 1.96 bits per heavy atom. The number of benzene rings is 1. The molecule has 1 amide bonds. The average molecular weight is 319 g/mol. The van der Waals surface area contributed by atoms with Crippen LogP contribution in [0, 0.1) is 5.92 Å². The lowest BCUT2D eigenvalue weighted by molar-refractivity contribution is -0.148. The van der Waals surface area contributed by atoms with Gasteiger partial charge in [0.05, 0.1) is 24.3 Å². The van der Waals surface area contributed by atoms with Crippen molar-refractivity contribution in [2.75, 3.05) is 11.5 Å². The van der Waals surface area contributed by atoms with E-state index in [0.29, 0.717) is 13.0 Å². The fraction of sp³-hybridized carbons (Fsp3) is 0.556. The van der Waals surface area contributed by atoms with E-state index in [1.54, 1.807) is 18.7 Å². The van der Waals surface area contributed by atoms with E-state index < -0.39 is 17.6 Å². The minimum absolute atomic E-state index is 0.290. The largest absolute Gasteiger partial charge is 0.466 e. The van der Waals surface area contributed by atoms with Crippen molar-refractivity contribution in [2.24, 2.45) is 5.92 Å². The van der Waals surface area contributed by atoms with Crippen LogP contribution >= 0.6 is 0 Å². The highest BCUT2D eigenvalue weighted by molar-refractivity contribution is 5.92. The second-order valence-corrected chi connectivity index (χ2v) is 6.79. The van der Waals surface area contributed by atoms with Crippen molar-refractivity contribution in [3.63, 3.8) is 0 Å². The van der Waals surface area contributed by atoms with E-state index >= 15 is 0 Å². The molecule has 1 aromatic carbocycles. The van der Waals surface area contributed by atoms with Gasteiger partial charge in [-0.15, -0.1) is 0 Å². The number of hydrogen-bond acceptors (Lipinski definition) is 4. The lowest BCUT2D eigenvalue weighted by Crippen LogP contribution is -2.46. The quantitative estimate of drug-likeness (QED) is 0.800. The highest BCUT2D eigenvalue weighted by Crippen LogP contribution is 2.36.